The molecule has 0 bridgehead atoms. The zero-order valence-electron chi connectivity index (χ0n) is 19.6. The molecule has 3 heteroatoms. The van der Waals surface area contributed by atoms with Gasteiger partial charge in [-0.1, -0.05) is 54.6 Å². The van der Waals surface area contributed by atoms with Crippen LogP contribution in [-0.2, 0) is 0 Å². The average Bonchev–Trinajstić information content (AvgIpc) is 3.65. The molecule has 0 N–H and O–H groups in total. The molecule has 0 unspecified atom stereocenters. The minimum absolute atomic E-state index is 0.931. The fraction of sp³-hybridized carbons (Fsp3) is 0. The summed E-state index contributed by atoms with van der Waals surface area (Å²) in [7, 11) is 0. The molecule has 0 atom stereocenters. The van der Waals surface area contributed by atoms with E-state index in [-0.39, 0.29) is 0 Å². The summed E-state index contributed by atoms with van der Waals surface area (Å²) in [5, 5.41) is 11.6. The van der Waals surface area contributed by atoms with Gasteiger partial charge in [-0.25, -0.2) is 0 Å². The van der Waals surface area contributed by atoms with E-state index < -0.39 is 0 Å². The molecule has 0 aliphatic rings. The number of rotatable bonds is 1. The van der Waals surface area contributed by atoms with Crippen molar-refractivity contribution in [1.29, 1.82) is 0 Å². The van der Waals surface area contributed by atoms with E-state index in [0.29, 0.717) is 0 Å². The number of hydrogen-bond acceptors (Lipinski definition) is 3. The van der Waals surface area contributed by atoms with Crippen molar-refractivity contribution in [1.82, 2.24) is 0 Å². The molecular formula is C34H18OS2. The van der Waals surface area contributed by atoms with E-state index in [1.54, 1.807) is 6.26 Å². The first-order valence-corrected chi connectivity index (χ1v) is 14.0. The molecule has 0 radical (unpaired) electrons. The van der Waals surface area contributed by atoms with Crippen LogP contribution in [0, 0.1) is 0 Å². The lowest BCUT2D eigenvalue weighted by Crippen LogP contribution is -1.86. The molecule has 0 saturated carbocycles. The lowest BCUT2D eigenvalue weighted by atomic mass is 9.91. The van der Waals surface area contributed by atoms with Gasteiger partial charge in [0.1, 0.15) is 5.58 Å². The van der Waals surface area contributed by atoms with Crippen molar-refractivity contribution in [2.75, 3.05) is 0 Å². The molecule has 3 aromatic heterocycles. The van der Waals surface area contributed by atoms with Gasteiger partial charge in [-0.15, -0.1) is 22.7 Å². The van der Waals surface area contributed by atoms with Crippen LogP contribution in [0.15, 0.2) is 114 Å². The van der Waals surface area contributed by atoms with Crippen molar-refractivity contribution in [2.45, 2.75) is 0 Å². The van der Waals surface area contributed by atoms with E-state index in [1.165, 1.54) is 73.0 Å². The Morgan fingerprint density at radius 3 is 2.11 bits per heavy atom. The minimum atomic E-state index is 0.931. The van der Waals surface area contributed by atoms with Gasteiger partial charge in [-0.2, -0.15) is 0 Å². The monoisotopic (exact) mass is 506 g/mol. The van der Waals surface area contributed by atoms with Crippen molar-refractivity contribution < 1.29 is 4.42 Å². The predicted molar refractivity (Wildman–Crippen MR) is 162 cm³/mol. The quantitative estimate of drug-likeness (QED) is 0.202. The average molecular weight is 507 g/mol. The second-order valence-corrected chi connectivity index (χ2v) is 11.9. The first-order chi connectivity index (χ1) is 18.3. The maximum Gasteiger partial charge on any atom is 0.134 e. The molecule has 6 aromatic carbocycles. The van der Waals surface area contributed by atoms with E-state index in [2.05, 4.69) is 103 Å². The summed E-state index contributed by atoms with van der Waals surface area (Å²) in [5.41, 5.74) is 3.51. The van der Waals surface area contributed by atoms with Crippen LogP contribution in [0.25, 0.3) is 84.0 Å². The van der Waals surface area contributed by atoms with Crippen LogP contribution in [-0.4, -0.2) is 0 Å². The Bertz CT molecular complexity index is 2360. The van der Waals surface area contributed by atoms with E-state index in [0.717, 1.165) is 11.0 Å². The van der Waals surface area contributed by atoms with Crippen molar-refractivity contribution in [3.05, 3.63) is 109 Å². The molecular weight excluding hydrogens is 489 g/mol. The maximum atomic E-state index is 5.81. The molecule has 0 fully saturated rings. The number of thiophene rings is 2. The van der Waals surface area contributed by atoms with Gasteiger partial charge in [0, 0.05) is 51.3 Å². The molecule has 37 heavy (non-hydrogen) atoms. The molecule has 0 spiro atoms. The maximum absolute atomic E-state index is 5.81. The third kappa shape index (κ3) is 2.73. The Hall–Kier alpha value is -4.18. The Kier molecular flexibility index (Phi) is 3.88. The van der Waals surface area contributed by atoms with Gasteiger partial charge in [0.2, 0.25) is 0 Å². The van der Waals surface area contributed by atoms with Crippen LogP contribution in [0.4, 0.5) is 0 Å². The second-order valence-electron chi connectivity index (χ2n) is 9.73. The van der Waals surface area contributed by atoms with E-state index in [1.807, 2.05) is 22.7 Å². The summed E-state index contributed by atoms with van der Waals surface area (Å²) < 4.78 is 11.2. The van der Waals surface area contributed by atoms with E-state index in [9.17, 15) is 0 Å². The molecule has 1 nitrogen and oxygen atoms in total. The Morgan fingerprint density at radius 1 is 0.432 bits per heavy atom. The SMILES string of the molecule is c1ccc2c(c1)sc1cc3c(cc12)c(-c1cccc2c1sc1ccccc12)cc1cc2occc2cc13. The van der Waals surface area contributed by atoms with Gasteiger partial charge in [-0.05, 0) is 75.6 Å². The topological polar surface area (TPSA) is 13.1 Å². The summed E-state index contributed by atoms with van der Waals surface area (Å²) in [6, 6.07) is 38.1. The van der Waals surface area contributed by atoms with Crippen molar-refractivity contribution in [3.8, 4) is 11.1 Å². The lowest BCUT2D eigenvalue weighted by molar-refractivity contribution is 0.616. The molecule has 0 saturated heterocycles. The summed E-state index contributed by atoms with van der Waals surface area (Å²) in [6.45, 7) is 0. The van der Waals surface area contributed by atoms with Gasteiger partial charge in [0.15, 0.2) is 0 Å². The van der Waals surface area contributed by atoms with Crippen molar-refractivity contribution in [2.24, 2.45) is 0 Å². The molecule has 0 aliphatic heterocycles. The third-order valence-corrected chi connectivity index (χ3v) is 10.1. The first kappa shape index (κ1) is 19.9. The van der Waals surface area contributed by atoms with Crippen molar-refractivity contribution >= 4 is 95.5 Å². The van der Waals surface area contributed by atoms with Gasteiger partial charge in [0.25, 0.3) is 0 Å². The number of furan rings is 1. The molecule has 0 amide bonds. The van der Waals surface area contributed by atoms with Crippen LogP contribution in [0.2, 0.25) is 0 Å². The Morgan fingerprint density at radius 2 is 1.22 bits per heavy atom. The highest BCUT2D eigenvalue weighted by molar-refractivity contribution is 7.26. The lowest BCUT2D eigenvalue weighted by Gasteiger charge is -2.13. The number of benzene rings is 6. The van der Waals surface area contributed by atoms with Crippen LogP contribution in [0.1, 0.15) is 0 Å². The largest absolute Gasteiger partial charge is 0.464 e. The molecule has 0 aliphatic carbocycles. The highest BCUT2D eigenvalue weighted by Gasteiger charge is 2.17. The summed E-state index contributed by atoms with van der Waals surface area (Å²) in [6.07, 6.45) is 1.79. The molecule has 9 rings (SSSR count). The third-order valence-electron chi connectivity index (χ3n) is 7.72. The molecule has 3 heterocycles. The Balaban J connectivity index is 1.50. The van der Waals surface area contributed by atoms with Gasteiger partial charge < -0.3 is 4.42 Å². The fourth-order valence-corrected chi connectivity index (χ4v) is 8.37. The van der Waals surface area contributed by atoms with Gasteiger partial charge in [0.05, 0.1) is 6.26 Å². The van der Waals surface area contributed by atoms with Gasteiger partial charge >= 0.3 is 0 Å². The van der Waals surface area contributed by atoms with Gasteiger partial charge in [-0.3, -0.25) is 0 Å². The number of fused-ring (bicyclic) bond motifs is 10. The van der Waals surface area contributed by atoms with Crippen LogP contribution >= 0.6 is 22.7 Å². The van der Waals surface area contributed by atoms with E-state index in [4.69, 9.17) is 4.42 Å². The molecule has 172 valence electrons. The van der Waals surface area contributed by atoms with Crippen LogP contribution < -0.4 is 0 Å². The summed E-state index contributed by atoms with van der Waals surface area (Å²) >= 11 is 3.77. The highest BCUT2D eigenvalue weighted by Crippen LogP contribution is 2.46. The van der Waals surface area contributed by atoms with Crippen molar-refractivity contribution in [3.63, 3.8) is 0 Å². The fourth-order valence-electron chi connectivity index (χ4n) is 6.01. The predicted octanol–water partition coefficient (Wildman–Crippen LogP) is 11.1. The second kappa shape index (κ2) is 7.19. The zero-order valence-corrected chi connectivity index (χ0v) is 21.3. The summed E-state index contributed by atoms with van der Waals surface area (Å²) in [4.78, 5) is 0. The minimum Gasteiger partial charge on any atom is -0.464 e. The van der Waals surface area contributed by atoms with Crippen LogP contribution in [0.3, 0.4) is 0 Å². The standard InChI is InChI=1S/C34H18OS2/c1-4-11-32-21(6-1)23-8-5-9-24(34(23)37-32)26-15-20-16-30-19(12-13-35-30)14-25(20)28-18-33-29(17-27(26)28)22-7-2-3-10-31(22)36-33/h1-18H. The first-order valence-electron chi connectivity index (χ1n) is 12.4. The van der Waals surface area contributed by atoms with Crippen LogP contribution in [0.5, 0.6) is 0 Å². The normalized spacial score (nSPS) is 12.3. The Labute approximate surface area is 219 Å². The zero-order chi connectivity index (χ0) is 24.1. The van der Waals surface area contributed by atoms with E-state index >= 15 is 0 Å². The highest BCUT2D eigenvalue weighted by atomic mass is 32.1. The smallest absolute Gasteiger partial charge is 0.134 e. The number of hydrogen-bond donors (Lipinski definition) is 0. The molecule has 9 aromatic rings. The summed E-state index contributed by atoms with van der Waals surface area (Å²) in [5.74, 6) is 0.